The van der Waals surface area contributed by atoms with Crippen LogP contribution in [-0.4, -0.2) is 50.2 Å². The van der Waals surface area contributed by atoms with Crippen molar-refractivity contribution in [1.82, 2.24) is 4.90 Å². The van der Waals surface area contributed by atoms with E-state index in [1.54, 1.807) is 17.0 Å². The first-order valence-electron chi connectivity index (χ1n) is 8.43. The van der Waals surface area contributed by atoms with Gasteiger partial charge in [-0.1, -0.05) is 23.7 Å². The number of rotatable bonds is 3. The third-order valence-corrected chi connectivity index (χ3v) is 4.68. The molecule has 0 bridgehead atoms. The van der Waals surface area contributed by atoms with Gasteiger partial charge in [0.05, 0.1) is 23.4 Å². The maximum atomic E-state index is 13.2. The standard InChI is InChI=1S/C19H19ClFN3O3/c1-27-18(25)14-4-2-3-5-17(14)23-8-10-24(11-9-23)19(26)22-13-6-7-16(21)15(20)12-13/h2-7,12H,8-11H2,1H3,(H,22,26). The van der Waals surface area contributed by atoms with E-state index in [-0.39, 0.29) is 17.0 Å². The molecule has 0 radical (unpaired) electrons. The second-order valence-electron chi connectivity index (χ2n) is 6.04. The Morgan fingerprint density at radius 3 is 2.48 bits per heavy atom. The molecule has 2 aromatic rings. The molecule has 6 nitrogen and oxygen atoms in total. The molecular formula is C19H19ClFN3O3. The lowest BCUT2D eigenvalue weighted by molar-refractivity contribution is 0.0601. The number of piperazine rings is 1. The lowest BCUT2D eigenvalue weighted by atomic mass is 10.1. The highest BCUT2D eigenvalue weighted by molar-refractivity contribution is 6.31. The fraction of sp³-hybridized carbons (Fsp3) is 0.263. The van der Waals surface area contributed by atoms with Gasteiger partial charge in [0.1, 0.15) is 5.82 Å². The van der Waals surface area contributed by atoms with Crippen LogP contribution in [0.25, 0.3) is 0 Å². The normalized spacial score (nSPS) is 14.0. The van der Waals surface area contributed by atoms with Gasteiger partial charge < -0.3 is 19.9 Å². The fourth-order valence-corrected chi connectivity index (χ4v) is 3.14. The minimum atomic E-state index is -0.535. The Balaban J connectivity index is 1.63. The molecule has 1 saturated heterocycles. The van der Waals surface area contributed by atoms with Gasteiger partial charge in [-0.2, -0.15) is 0 Å². The van der Waals surface area contributed by atoms with Gasteiger partial charge in [-0.25, -0.2) is 14.0 Å². The summed E-state index contributed by atoms with van der Waals surface area (Å²) in [5, 5.41) is 2.67. The first-order chi connectivity index (χ1) is 13.0. The van der Waals surface area contributed by atoms with Gasteiger partial charge in [0.15, 0.2) is 0 Å². The number of esters is 1. The van der Waals surface area contributed by atoms with Gasteiger partial charge in [0.25, 0.3) is 0 Å². The maximum Gasteiger partial charge on any atom is 0.339 e. The molecule has 0 saturated carbocycles. The molecule has 2 aromatic carbocycles. The van der Waals surface area contributed by atoms with E-state index in [4.69, 9.17) is 16.3 Å². The molecule has 8 heteroatoms. The summed E-state index contributed by atoms with van der Waals surface area (Å²) in [5.74, 6) is -0.925. The van der Waals surface area contributed by atoms with Crippen molar-refractivity contribution in [1.29, 1.82) is 0 Å². The lowest BCUT2D eigenvalue weighted by Crippen LogP contribution is -2.50. The van der Waals surface area contributed by atoms with Gasteiger partial charge in [-0.05, 0) is 30.3 Å². The van der Waals surface area contributed by atoms with Crippen molar-refractivity contribution >= 4 is 35.0 Å². The summed E-state index contributed by atoms with van der Waals surface area (Å²) >= 11 is 5.74. The molecule has 1 aliphatic heterocycles. The van der Waals surface area contributed by atoms with Crippen LogP contribution in [-0.2, 0) is 4.74 Å². The summed E-state index contributed by atoms with van der Waals surface area (Å²) in [5.41, 5.74) is 1.72. The summed E-state index contributed by atoms with van der Waals surface area (Å²) in [4.78, 5) is 28.1. The quantitative estimate of drug-likeness (QED) is 0.812. The summed E-state index contributed by atoms with van der Waals surface area (Å²) in [7, 11) is 1.35. The number of hydrogen-bond donors (Lipinski definition) is 1. The average molecular weight is 392 g/mol. The number of halogens is 2. The molecule has 1 heterocycles. The molecule has 0 aliphatic carbocycles. The Kier molecular flexibility index (Phi) is 5.81. The number of ether oxygens (including phenoxy) is 1. The molecule has 1 aliphatic rings. The van der Waals surface area contributed by atoms with E-state index in [2.05, 4.69) is 5.32 Å². The molecule has 0 spiro atoms. The number of para-hydroxylation sites is 1. The highest BCUT2D eigenvalue weighted by Crippen LogP contribution is 2.23. The number of amides is 2. The molecule has 0 atom stereocenters. The lowest BCUT2D eigenvalue weighted by Gasteiger charge is -2.36. The third-order valence-electron chi connectivity index (χ3n) is 4.39. The van der Waals surface area contributed by atoms with Gasteiger partial charge in [0.2, 0.25) is 0 Å². The van der Waals surface area contributed by atoms with Crippen molar-refractivity contribution in [2.75, 3.05) is 43.5 Å². The first kappa shape index (κ1) is 19.0. The molecule has 27 heavy (non-hydrogen) atoms. The number of methoxy groups -OCH3 is 1. The van der Waals surface area contributed by atoms with Crippen molar-refractivity contribution < 1.29 is 18.7 Å². The zero-order valence-electron chi connectivity index (χ0n) is 14.7. The van der Waals surface area contributed by atoms with Crippen LogP contribution in [0.3, 0.4) is 0 Å². The maximum absolute atomic E-state index is 13.2. The van der Waals surface area contributed by atoms with Crippen LogP contribution in [0.4, 0.5) is 20.6 Å². The van der Waals surface area contributed by atoms with Crippen molar-refractivity contribution in [2.45, 2.75) is 0 Å². The van der Waals surface area contributed by atoms with Crippen molar-refractivity contribution in [3.8, 4) is 0 Å². The number of nitrogens with zero attached hydrogens (tertiary/aromatic N) is 2. The van der Waals surface area contributed by atoms with Crippen LogP contribution in [0.1, 0.15) is 10.4 Å². The largest absolute Gasteiger partial charge is 0.465 e. The molecule has 3 rings (SSSR count). The smallest absolute Gasteiger partial charge is 0.339 e. The van der Waals surface area contributed by atoms with Gasteiger partial charge in [0, 0.05) is 31.9 Å². The predicted molar refractivity (Wildman–Crippen MR) is 102 cm³/mol. The number of benzene rings is 2. The number of urea groups is 1. The van der Waals surface area contributed by atoms with Crippen LogP contribution in [0.5, 0.6) is 0 Å². The average Bonchev–Trinajstić information content (AvgIpc) is 2.70. The second-order valence-corrected chi connectivity index (χ2v) is 6.45. The Hall–Kier alpha value is -2.80. The molecule has 1 fully saturated rings. The van der Waals surface area contributed by atoms with Gasteiger partial charge in [-0.15, -0.1) is 0 Å². The predicted octanol–water partition coefficient (Wildman–Crippen LogP) is 3.62. The number of anilines is 2. The monoisotopic (exact) mass is 391 g/mol. The van der Waals surface area contributed by atoms with Gasteiger partial charge in [-0.3, -0.25) is 0 Å². The number of carbonyl (C=O) groups excluding carboxylic acids is 2. The Labute approximate surface area is 161 Å². The van der Waals surface area contributed by atoms with E-state index in [1.807, 2.05) is 17.0 Å². The minimum absolute atomic E-state index is 0.0444. The molecule has 2 amide bonds. The van der Waals surface area contributed by atoms with Crippen LogP contribution < -0.4 is 10.2 Å². The van der Waals surface area contributed by atoms with E-state index < -0.39 is 5.82 Å². The molecule has 0 aromatic heterocycles. The molecule has 142 valence electrons. The van der Waals surface area contributed by atoms with E-state index in [1.165, 1.54) is 25.3 Å². The van der Waals surface area contributed by atoms with E-state index in [9.17, 15) is 14.0 Å². The van der Waals surface area contributed by atoms with Crippen LogP contribution >= 0.6 is 11.6 Å². The SMILES string of the molecule is COC(=O)c1ccccc1N1CCN(C(=O)Nc2ccc(F)c(Cl)c2)CC1. The highest BCUT2D eigenvalue weighted by atomic mass is 35.5. The van der Waals surface area contributed by atoms with Crippen molar-refractivity contribution in [2.24, 2.45) is 0 Å². The number of carbonyl (C=O) groups is 2. The topological polar surface area (TPSA) is 61.9 Å². The molecule has 1 N–H and O–H groups in total. The Morgan fingerprint density at radius 2 is 1.81 bits per heavy atom. The van der Waals surface area contributed by atoms with Crippen LogP contribution in [0.15, 0.2) is 42.5 Å². The Bertz CT molecular complexity index is 854. The van der Waals surface area contributed by atoms with Crippen molar-refractivity contribution in [3.63, 3.8) is 0 Å². The summed E-state index contributed by atoms with van der Waals surface area (Å²) in [6.07, 6.45) is 0. The van der Waals surface area contributed by atoms with Crippen LogP contribution in [0, 0.1) is 5.82 Å². The summed E-state index contributed by atoms with van der Waals surface area (Å²) < 4.78 is 18.1. The number of nitrogens with one attached hydrogen (secondary N) is 1. The van der Waals surface area contributed by atoms with Gasteiger partial charge >= 0.3 is 12.0 Å². The second kappa shape index (κ2) is 8.26. The van der Waals surface area contributed by atoms with Crippen LogP contribution in [0.2, 0.25) is 5.02 Å². The zero-order chi connectivity index (χ0) is 19.4. The molecule has 0 unspecified atom stereocenters. The van der Waals surface area contributed by atoms with E-state index in [0.717, 1.165) is 5.69 Å². The third kappa shape index (κ3) is 4.31. The highest BCUT2D eigenvalue weighted by Gasteiger charge is 2.24. The van der Waals surface area contributed by atoms with E-state index in [0.29, 0.717) is 37.4 Å². The Morgan fingerprint density at radius 1 is 1.11 bits per heavy atom. The summed E-state index contributed by atoms with van der Waals surface area (Å²) in [6, 6.07) is 11.0. The van der Waals surface area contributed by atoms with E-state index >= 15 is 0 Å². The minimum Gasteiger partial charge on any atom is -0.465 e. The zero-order valence-corrected chi connectivity index (χ0v) is 15.5. The molecular weight excluding hydrogens is 373 g/mol. The van der Waals surface area contributed by atoms with Crippen molar-refractivity contribution in [3.05, 3.63) is 58.9 Å². The fourth-order valence-electron chi connectivity index (χ4n) is 2.96. The summed E-state index contributed by atoms with van der Waals surface area (Å²) in [6.45, 7) is 2.11. The number of hydrogen-bond acceptors (Lipinski definition) is 4. The first-order valence-corrected chi connectivity index (χ1v) is 8.80.